The van der Waals surface area contributed by atoms with Gasteiger partial charge in [-0.2, -0.15) is 0 Å². The highest BCUT2D eigenvalue weighted by Crippen LogP contribution is 2.03. The van der Waals surface area contributed by atoms with Gasteiger partial charge >= 0.3 is 0 Å². The third kappa shape index (κ3) is 1.49. The van der Waals surface area contributed by atoms with Crippen LogP contribution in [0.1, 0.15) is 5.56 Å². The van der Waals surface area contributed by atoms with E-state index < -0.39 is 0 Å². The fourth-order valence-electron chi connectivity index (χ4n) is 2.22. The van der Waals surface area contributed by atoms with Gasteiger partial charge < -0.3 is 0 Å². The summed E-state index contributed by atoms with van der Waals surface area (Å²) in [5, 5.41) is 3.49. The predicted octanol–water partition coefficient (Wildman–Crippen LogP) is 0.975. The Hall–Kier alpha value is -2.22. The molecule has 0 fully saturated rings. The number of aliphatic imine (C=N–C) groups is 1. The van der Waals surface area contributed by atoms with E-state index in [0.29, 0.717) is 6.42 Å². The molecule has 3 rings (SSSR count). The number of hydrogen-bond donors (Lipinski definition) is 0. The van der Waals surface area contributed by atoms with Crippen LogP contribution in [-0.2, 0) is 6.42 Å². The molecule has 0 saturated heterocycles. The van der Waals surface area contributed by atoms with Gasteiger partial charge in [0.1, 0.15) is 0 Å². The largest absolute Gasteiger partial charge is 0.289 e. The lowest BCUT2D eigenvalue weighted by molar-refractivity contribution is 1.28. The van der Waals surface area contributed by atoms with E-state index in [1.807, 2.05) is 30.5 Å². The highest BCUT2D eigenvalue weighted by Gasteiger charge is 2.04. The van der Waals surface area contributed by atoms with Crippen LogP contribution in [0.5, 0.6) is 0 Å². The average molecular weight is 221 g/mol. The van der Waals surface area contributed by atoms with Gasteiger partial charge in [-0.15, -0.1) is 0 Å². The molecule has 0 atom stereocenters. The van der Waals surface area contributed by atoms with Gasteiger partial charge in [-0.3, -0.25) is 9.79 Å². The monoisotopic (exact) mass is 221 g/mol. The van der Waals surface area contributed by atoms with Crippen molar-refractivity contribution in [3.63, 3.8) is 0 Å². The lowest BCUT2D eigenvalue weighted by atomic mass is 10.1. The molecule has 0 amide bonds. The second-order valence-electron chi connectivity index (χ2n) is 4.14. The maximum atomic E-state index is 12.1. The van der Waals surface area contributed by atoms with E-state index in [1.54, 1.807) is 12.3 Å². The summed E-state index contributed by atoms with van der Waals surface area (Å²) in [5.74, 6) is 0. The standard InChI is InChI=1S/C15H11NO/c1-10-12-4-2-3-5-13(12)15(17)8-11-6-7-16-9-14(10)11/h2-5,7-9H,1,6H2. The van der Waals surface area contributed by atoms with Crippen molar-refractivity contribution in [3.8, 4) is 0 Å². The molecular weight excluding hydrogens is 210 g/mol. The van der Waals surface area contributed by atoms with E-state index in [4.69, 9.17) is 0 Å². The Balaban J connectivity index is 2.71. The first kappa shape index (κ1) is 9.97. The van der Waals surface area contributed by atoms with Crippen LogP contribution in [0.25, 0.3) is 23.6 Å². The summed E-state index contributed by atoms with van der Waals surface area (Å²) in [4.78, 5) is 16.3. The summed E-state index contributed by atoms with van der Waals surface area (Å²) in [7, 11) is 0. The molecule has 0 saturated carbocycles. The van der Waals surface area contributed by atoms with Gasteiger partial charge in [-0.25, -0.2) is 0 Å². The van der Waals surface area contributed by atoms with Gasteiger partial charge in [0.15, 0.2) is 5.43 Å². The first-order valence-corrected chi connectivity index (χ1v) is 5.53. The third-order valence-electron chi connectivity index (χ3n) is 3.11. The van der Waals surface area contributed by atoms with Crippen LogP contribution >= 0.6 is 0 Å². The minimum atomic E-state index is 0.0513. The molecule has 2 heteroatoms. The van der Waals surface area contributed by atoms with Gasteiger partial charge in [0.2, 0.25) is 0 Å². The van der Waals surface area contributed by atoms with Crippen molar-refractivity contribution in [2.45, 2.75) is 6.42 Å². The second kappa shape index (κ2) is 3.67. The fraction of sp³-hybridized carbons (Fsp3) is 0.0667. The summed E-state index contributed by atoms with van der Waals surface area (Å²) in [6.45, 7) is 4.10. The molecule has 0 unspecified atom stereocenters. The van der Waals surface area contributed by atoms with Crippen LogP contribution in [0.2, 0.25) is 0 Å². The maximum absolute atomic E-state index is 12.1. The Bertz CT molecular complexity index is 803. The molecule has 82 valence electrons. The number of hydrogen-bond acceptors (Lipinski definition) is 2. The predicted molar refractivity (Wildman–Crippen MR) is 71.7 cm³/mol. The van der Waals surface area contributed by atoms with Crippen molar-refractivity contribution >= 4 is 29.8 Å². The van der Waals surface area contributed by atoms with E-state index in [1.165, 1.54) is 0 Å². The Kier molecular flexibility index (Phi) is 2.15. The Morgan fingerprint density at radius 2 is 1.94 bits per heavy atom. The first-order valence-electron chi connectivity index (χ1n) is 5.53. The van der Waals surface area contributed by atoms with Crippen LogP contribution in [0, 0.1) is 0 Å². The van der Waals surface area contributed by atoms with Gasteiger partial charge in [0.05, 0.1) is 0 Å². The molecule has 0 radical (unpaired) electrons. The van der Waals surface area contributed by atoms with E-state index >= 15 is 0 Å². The Morgan fingerprint density at radius 3 is 2.76 bits per heavy atom. The average Bonchev–Trinajstić information content (AvgIpc) is 2.48. The Labute approximate surface area is 98.3 Å². The normalized spacial score (nSPS) is 13.2. The quantitative estimate of drug-likeness (QED) is 0.652. The van der Waals surface area contributed by atoms with Crippen LogP contribution in [-0.4, -0.2) is 6.21 Å². The molecule has 1 aliphatic heterocycles. The summed E-state index contributed by atoms with van der Waals surface area (Å²) in [6, 6.07) is 9.29. The molecule has 2 nitrogen and oxygen atoms in total. The molecule has 2 aromatic carbocycles. The molecule has 0 bridgehead atoms. The minimum Gasteiger partial charge on any atom is -0.289 e. The molecule has 0 spiro atoms. The van der Waals surface area contributed by atoms with Crippen LogP contribution in [0.15, 0.2) is 40.1 Å². The van der Waals surface area contributed by atoms with Crippen molar-refractivity contribution in [3.05, 3.63) is 56.6 Å². The Morgan fingerprint density at radius 1 is 1.18 bits per heavy atom. The molecule has 1 aliphatic rings. The van der Waals surface area contributed by atoms with Crippen molar-refractivity contribution in [1.29, 1.82) is 0 Å². The van der Waals surface area contributed by atoms with Gasteiger partial charge in [-0.05, 0) is 22.2 Å². The van der Waals surface area contributed by atoms with E-state index in [2.05, 4.69) is 11.6 Å². The van der Waals surface area contributed by atoms with Gasteiger partial charge in [-0.1, -0.05) is 30.8 Å². The SMILES string of the molecule is C=c1c2c(cc(=O)c3ccccc13)CC=NC=2. The van der Waals surface area contributed by atoms with Crippen LogP contribution in [0.3, 0.4) is 0 Å². The fourth-order valence-corrected chi connectivity index (χ4v) is 2.22. The third-order valence-corrected chi connectivity index (χ3v) is 3.11. The first-order chi connectivity index (χ1) is 8.27. The molecule has 2 aromatic rings. The van der Waals surface area contributed by atoms with Crippen molar-refractivity contribution < 1.29 is 0 Å². The summed E-state index contributed by atoms with van der Waals surface area (Å²) < 4.78 is 0. The number of rotatable bonds is 0. The lowest BCUT2D eigenvalue weighted by Crippen LogP contribution is -2.27. The van der Waals surface area contributed by atoms with Gasteiger partial charge in [0.25, 0.3) is 0 Å². The molecule has 0 aromatic heterocycles. The number of fused-ring (bicyclic) bond motifs is 2. The molecule has 17 heavy (non-hydrogen) atoms. The minimum absolute atomic E-state index is 0.0513. The zero-order valence-corrected chi connectivity index (χ0v) is 9.31. The smallest absolute Gasteiger partial charge is 0.186 e. The summed E-state index contributed by atoms with van der Waals surface area (Å²) in [5.41, 5.74) is 1.06. The lowest BCUT2D eigenvalue weighted by Gasteiger charge is -1.98. The van der Waals surface area contributed by atoms with Crippen LogP contribution < -0.4 is 15.9 Å². The highest BCUT2D eigenvalue weighted by atomic mass is 16.1. The van der Waals surface area contributed by atoms with Crippen molar-refractivity contribution in [2.24, 2.45) is 4.99 Å². The molecule has 1 heterocycles. The van der Waals surface area contributed by atoms with E-state index in [9.17, 15) is 4.79 Å². The summed E-state index contributed by atoms with van der Waals surface area (Å²) in [6.07, 6.45) is 4.30. The summed E-state index contributed by atoms with van der Waals surface area (Å²) >= 11 is 0. The van der Waals surface area contributed by atoms with E-state index in [0.717, 1.165) is 26.8 Å². The topological polar surface area (TPSA) is 29.4 Å². The second-order valence-corrected chi connectivity index (χ2v) is 4.14. The maximum Gasteiger partial charge on any atom is 0.186 e. The number of benzene rings is 1. The zero-order valence-electron chi connectivity index (χ0n) is 9.31. The van der Waals surface area contributed by atoms with Crippen LogP contribution in [0.4, 0.5) is 0 Å². The van der Waals surface area contributed by atoms with Crippen molar-refractivity contribution in [2.75, 3.05) is 0 Å². The highest BCUT2D eigenvalue weighted by molar-refractivity contribution is 5.83. The molecule has 0 N–H and O–H groups in total. The molecular formula is C15H11NO. The van der Waals surface area contributed by atoms with Gasteiger partial charge in [0, 0.05) is 29.4 Å². The number of nitrogens with zero attached hydrogens (tertiary/aromatic N) is 1. The van der Waals surface area contributed by atoms with E-state index in [-0.39, 0.29) is 5.43 Å². The zero-order chi connectivity index (χ0) is 11.8. The van der Waals surface area contributed by atoms with Crippen molar-refractivity contribution in [1.82, 2.24) is 0 Å². The molecule has 0 aliphatic carbocycles.